The number of hydrogen-bond donors (Lipinski definition) is 2. The molecule has 11 heteroatoms. The van der Waals surface area contributed by atoms with Crippen LogP contribution in [0.1, 0.15) is 49.7 Å². The van der Waals surface area contributed by atoms with Crippen LogP contribution in [0.25, 0.3) is 32.8 Å². The van der Waals surface area contributed by atoms with Crippen LogP contribution in [0.4, 0.5) is 13.2 Å². The van der Waals surface area contributed by atoms with Crippen molar-refractivity contribution in [2.75, 3.05) is 45.9 Å². The van der Waals surface area contributed by atoms with Gasteiger partial charge in [0.05, 0.1) is 24.9 Å². The summed E-state index contributed by atoms with van der Waals surface area (Å²) in [5.41, 5.74) is 0.889. The number of carbonyl (C=O) groups excluding carboxylic acids is 1. The third-order valence-electron chi connectivity index (χ3n) is 11.3. The monoisotopic (exact) mass is 702 g/mol. The van der Waals surface area contributed by atoms with E-state index in [1.165, 1.54) is 37.9 Å². The number of carbonyl (C=O) groups is 2. The van der Waals surface area contributed by atoms with E-state index in [0.29, 0.717) is 18.8 Å². The first kappa shape index (κ1) is 35.3. The van der Waals surface area contributed by atoms with Gasteiger partial charge in [-0.1, -0.05) is 55.0 Å². The molecular weight excluding hydrogens is 657 g/mol. The van der Waals surface area contributed by atoms with Gasteiger partial charge in [-0.25, -0.2) is 4.79 Å². The predicted octanol–water partition coefficient (Wildman–Crippen LogP) is 6.63. The van der Waals surface area contributed by atoms with Crippen LogP contribution in [-0.4, -0.2) is 96.0 Å². The summed E-state index contributed by atoms with van der Waals surface area (Å²) in [6, 6.07) is 18.3. The number of aryl methyl sites for hydroxylation is 1. The molecule has 0 aliphatic carbocycles. The lowest BCUT2D eigenvalue weighted by molar-refractivity contribution is -0.236. The number of carboxylic acids is 1. The Kier molecular flexibility index (Phi) is 10.3. The molecule has 0 saturated carbocycles. The summed E-state index contributed by atoms with van der Waals surface area (Å²) in [6.45, 7) is 4.57. The molecular formula is C40H45F3N4O4. The average Bonchev–Trinajstić information content (AvgIpc) is 3.10. The number of ether oxygens (including phenoxy) is 1. The lowest BCUT2D eigenvalue weighted by Crippen LogP contribution is -2.61. The molecule has 4 aromatic rings. The minimum Gasteiger partial charge on any atom is -0.480 e. The Balaban J connectivity index is 1.13. The van der Waals surface area contributed by atoms with E-state index >= 15 is 0 Å². The van der Waals surface area contributed by atoms with E-state index in [1.807, 2.05) is 41.3 Å². The molecule has 2 N–H and O–H groups in total. The van der Waals surface area contributed by atoms with E-state index in [1.54, 1.807) is 12.3 Å². The summed E-state index contributed by atoms with van der Waals surface area (Å²) < 4.78 is 48.9. The highest BCUT2D eigenvalue weighted by molar-refractivity contribution is 6.05. The van der Waals surface area contributed by atoms with E-state index in [9.17, 15) is 27.9 Å². The number of fused-ring (bicyclic) bond motifs is 2. The number of aliphatic carboxylic acids is 1. The van der Waals surface area contributed by atoms with Crippen molar-refractivity contribution in [3.8, 4) is 11.3 Å². The van der Waals surface area contributed by atoms with Crippen molar-refractivity contribution < 1.29 is 32.6 Å². The topological polar surface area (TPSA) is 95.0 Å². The van der Waals surface area contributed by atoms with Crippen molar-refractivity contribution in [1.29, 1.82) is 0 Å². The minimum atomic E-state index is -4.82. The van der Waals surface area contributed by atoms with Gasteiger partial charge in [0.25, 0.3) is 0 Å². The number of carboxylic acid groups (broad SMARTS) is 1. The number of alkyl halides is 3. The standard InChI is InChI=1S/C40H45F3N4O4/c41-40(42,43)39(15-21-47(22-16-39)30-25-51-26-30)38(50)45-35(37(48)49)24-29-8-4-10-32-31(29)9-5-11-33(32)36-34-23-27(12-13-28(34)14-17-44-36)7-6-20-46-18-2-1-3-19-46/h4-5,8-14,17,23,30,35H,1-3,6-7,15-16,18-22,24-26H2,(H,45,50)(H,48,49)/t35-/m0/s1. The van der Waals surface area contributed by atoms with Crippen molar-refractivity contribution >= 4 is 33.4 Å². The first-order chi connectivity index (χ1) is 24.6. The summed E-state index contributed by atoms with van der Waals surface area (Å²) in [7, 11) is 0. The van der Waals surface area contributed by atoms with Crippen molar-refractivity contribution in [3.63, 3.8) is 0 Å². The Bertz CT molecular complexity index is 1880. The van der Waals surface area contributed by atoms with Gasteiger partial charge >= 0.3 is 12.1 Å². The van der Waals surface area contributed by atoms with E-state index in [0.717, 1.165) is 52.2 Å². The van der Waals surface area contributed by atoms with Gasteiger partial charge in [-0.3, -0.25) is 14.7 Å². The third-order valence-corrected chi connectivity index (χ3v) is 11.3. The van der Waals surface area contributed by atoms with Gasteiger partial charge in [-0.05, 0) is 111 Å². The van der Waals surface area contributed by atoms with Gasteiger partial charge in [0.1, 0.15) is 11.5 Å². The minimum absolute atomic E-state index is 0.0581. The number of hydrogen-bond acceptors (Lipinski definition) is 6. The predicted molar refractivity (Wildman–Crippen MR) is 190 cm³/mol. The van der Waals surface area contributed by atoms with Crippen LogP contribution in [0.2, 0.25) is 0 Å². The van der Waals surface area contributed by atoms with Crippen LogP contribution in [0.3, 0.4) is 0 Å². The summed E-state index contributed by atoms with van der Waals surface area (Å²) in [4.78, 5) is 35.3. The molecule has 0 radical (unpaired) electrons. The summed E-state index contributed by atoms with van der Waals surface area (Å²) in [5, 5.41) is 16.2. The first-order valence-corrected chi connectivity index (χ1v) is 18.2. The van der Waals surface area contributed by atoms with Crippen molar-refractivity contribution in [1.82, 2.24) is 20.1 Å². The number of pyridine rings is 1. The molecule has 0 unspecified atom stereocenters. The zero-order valence-corrected chi connectivity index (χ0v) is 28.8. The lowest BCUT2D eigenvalue weighted by atomic mass is 9.76. The van der Waals surface area contributed by atoms with Crippen LogP contribution >= 0.6 is 0 Å². The Labute approximate surface area is 296 Å². The van der Waals surface area contributed by atoms with Crippen LogP contribution < -0.4 is 5.32 Å². The number of benzene rings is 3. The van der Waals surface area contributed by atoms with Gasteiger partial charge in [-0.2, -0.15) is 13.2 Å². The molecule has 51 heavy (non-hydrogen) atoms. The van der Waals surface area contributed by atoms with E-state index in [2.05, 4.69) is 28.4 Å². The molecule has 4 heterocycles. The molecule has 0 bridgehead atoms. The summed E-state index contributed by atoms with van der Waals surface area (Å²) in [6.07, 6.45) is 1.85. The Morgan fingerprint density at radius 2 is 1.69 bits per heavy atom. The fourth-order valence-electron chi connectivity index (χ4n) is 8.10. The summed E-state index contributed by atoms with van der Waals surface area (Å²) in [5.74, 6) is -2.67. The molecule has 3 fully saturated rings. The fraction of sp³-hybridized carbons (Fsp3) is 0.475. The first-order valence-electron chi connectivity index (χ1n) is 18.2. The Morgan fingerprint density at radius 1 is 0.941 bits per heavy atom. The second-order valence-corrected chi connectivity index (χ2v) is 14.4. The highest BCUT2D eigenvalue weighted by atomic mass is 19.4. The van der Waals surface area contributed by atoms with E-state index < -0.39 is 42.4 Å². The van der Waals surface area contributed by atoms with Gasteiger partial charge < -0.3 is 20.1 Å². The largest absolute Gasteiger partial charge is 0.480 e. The maximum Gasteiger partial charge on any atom is 0.403 e. The van der Waals surface area contributed by atoms with E-state index in [-0.39, 0.29) is 25.6 Å². The van der Waals surface area contributed by atoms with E-state index in [4.69, 9.17) is 9.72 Å². The number of piperidine rings is 2. The normalized spacial score (nSPS) is 19.5. The van der Waals surface area contributed by atoms with Crippen molar-refractivity contribution in [2.45, 2.75) is 69.6 Å². The second kappa shape index (κ2) is 14.9. The number of likely N-dealkylation sites (tertiary alicyclic amines) is 2. The molecule has 3 aromatic carbocycles. The Morgan fingerprint density at radius 3 is 2.39 bits per heavy atom. The molecule has 270 valence electrons. The van der Waals surface area contributed by atoms with Crippen molar-refractivity contribution in [2.24, 2.45) is 5.41 Å². The molecule has 7 rings (SSSR count). The van der Waals surface area contributed by atoms with Crippen LogP contribution in [-0.2, 0) is 27.2 Å². The molecule has 1 atom stereocenters. The highest BCUT2D eigenvalue weighted by Crippen LogP contribution is 2.47. The zero-order valence-electron chi connectivity index (χ0n) is 28.8. The zero-order chi connectivity index (χ0) is 35.6. The van der Waals surface area contributed by atoms with Gasteiger partial charge in [-0.15, -0.1) is 0 Å². The number of halogens is 3. The number of amides is 1. The summed E-state index contributed by atoms with van der Waals surface area (Å²) >= 11 is 0. The maximum absolute atomic E-state index is 14.6. The molecule has 3 aliphatic rings. The third kappa shape index (κ3) is 7.34. The van der Waals surface area contributed by atoms with Gasteiger partial charge in [0, 0.05) is 23.6 Å². The molecule has 8 nitrogen and oxygen atoms in total. The molecule has 1 aromatic heterocycles. The maximum atomic E-state index is 14.6. The smallest absolute Gasteiger partial charge is 0.403 e. The molecule has 0 spiro atoms. The number of rotatable bonds is 11. The molecule has 3 saturated heterocycles. The van der Waals surface area contributed by atoms with Gasteiger partial charge in [0.2, 0.25) is 5.91 Å². The second-order valence-electron chi connectivity index (χ2n) is 14.4. The Hall–Kier alpha value is -4.06. The number of nitrogens with one attached hydrogen (secondary N) is 1. The molecule has 1 amide bonds. The lowest BCUT2D eigenvalue weighted by Gasteiger charge is -2.46. The number of nitrogens with zero attached hydrogens (tertiary/aromatic N) is 3. The van der Waals surface area contributed by atoms with Crippen LogP contribution in [0.15, 0.2) is 66.9 Å². The van der Waals surface area contributed by atoms with Gasteiger partial charge in [0.15, 0.2) is 0 Å². The quantitative estimate of drug-likeness (QED) is 0.181. The molecule has 3 aliphatic heterocycles. The SMILES string of the molecule is O=C(O)[C@H](Cc1cccc2c(-c3nccc4ccc(CCCN5CCCCC5)cc34)cccc12)NC(=O)C1(C(F)(F)F)CCN(C2COC2)CC1. The van der Waals surface area contributed by atoms with Crippen LogP contribution in [0.5, 0.6) is 0 Å². The highest BCUT2D eigenvalue weighted by Gasteiger charge is 2.61. The van der Waals surface area contributed by atoms with Crippen LogP contribution in [0, 0.1) is 5.41 Å². The number of aromatic nitrogens is 1. The van der Waals surface area contributed by atoms with Crippen molar-refractivity contribution in [3.05, 3.63) is 78.0 Å². The average molecular weight is 703 g/mol. The fourth-order valence-corrected chi connectivity index (χ4v) is 8.10.